The zero-order valence-electron chi connectivity index (χ0n) is 9.98. The lowest BCUT2D eigenvalue weighted by Crippen LogP contribution is -2.29. The minimum Gasteiger partial charge on any atom is -0.229 e. The third-order valence-corrected chi connectivity index (χ3v) is 4.50. The molecule has 0 aromatic rings. The molecule has 1 heterocycles. The molecule has 0 bridgehead atoms. The largest absolute Gasteiger partial charge is 0.229 e. The molecule has 4 heteroatoms. The molecule has 1 atom stereocenters. The molecule has 0 N–H and O–H groups in total. The van der Waals surface area contributed by atoms with E-state index >= 15 is 0 Å². The van der Waals surface area contributed by atoms with Crippen LogP contribution in [0.2, 0.25) is 0 Å². The summed E-state index contributed by atoms with van der Waals surface area (Å²) < 4.78 is 24.1. The molecule has 0 fully saturated rings. The van der Waals surface area contributed by atoms with Crippen LogP contribution in [-0.2, 0) is 10.3 Å². The van der Waals surface area contributed by atoms with Crippen molar-refractivity contribution in [2.24, 2.45) is 5.41 Å². The van der Waals surface area contributed by atoms with Crippen LogP contribution in [0.1, 0.15) is 20.8 Å². The summed E-state index contributed by atoms with van der Waals surface area (Å²) in [4.78, 5) is 0.370. The molecule has 3 nitrogen and oxygen atoms in total. The summed E-state index contributed by atoms with van der Waals surface area (Å²) in [6.45, 7) is 6.46. The average Bonchev–Trinajstić information content (AvgIpc) is 2.40. The summed E-state index contributed by atoms with van der Waals surface area (Å²) >= 11 is 0. The Morgan fingerprint density at radius 2 is 1.94 bits per heavy atom. The van der Waals surface area contributed by atoms with Crippen molar-refractivity contribution < 1.29 is 13.0 Å². The zero-order chi connectivity index (χ0) is 12.1. The van der Waals surface area contributed by atoms with Crippen molar-refractivity contribution in [1.82, 2.24) is 0 Å². The van der Waals surface area contributed by atoms with E-state index in [2.05, 4.69) is 25.3 Å². The summed E-state index contributed by atoms with van der Waals surface area (Å²) in [6, 6.07) is 0.373. The lowest BCUT2D eigenvalue weighted by molar-refractivity contribution is -0.537. The molecular weight excluding hydrogens is 222 g/mol. The maximum atomic E-state index is 11.0. The van der Waals surface area contributed by atoms with Gasteiger partial charge in [0, 0.05) is 11.6 Å². The number of allylic oxidation sites excluding steroid dienone is 3. The third-order valence-electron chi connectivity index (χ3n) is 3.86. The lowest BCUT2D eigenvalue weighted by atomic mass is 9.78. The fourth-order valence-corrected chi connectivity index (χ4v) is 2.75. The van der Waals surface area contributed by atoms with Crippen LogP contribution in [0.3, 0.4) is 0 Å². The van der Waals surface area contributed by atoms with Crippen molar-refractivity contribution in [2.75, 3.05) is 7.05 Å². The number of fused-ring (bicyclic) bond motifs is 1. The van der Waals surface area contributed by atoms with Crippen molar-refractivity contribution in [1.29, 1.82) is 0 Å². The molecule has 2 rings (SSSR count). The third kappa shape index (κ3) is 1.40. The van der Waals surface area contributed by atoms with Crippen molar-refractivity contribution in [3.05, 3.63) is 23.8 Å². The molecule has 0 radical (unpaired) electrons. The number of rotatable bonds is 0. The molecule has 0 aromatic heterocycles. The van der Waals surface area contributed by atoms with E-state index in [1.54, 1.807) is 12.2 Å². The summed E-state index contributed by atoms with van der Waals surface area (Å²) in [6.07, 6.45) is 5.34. The minimum atomic E-state index is -2.15. The van der Waals surface area contributed by atoms with Gasteiger partial charge in [-0.1, -0.05) is 0 Å². The maximum Gasteiger partial charge on any atom is 0.221 e. The first-order valence-corrected chi connectivity index (χ1v) is 6.40. The first-order valence-electron chi connectivity index (χ1n) is 5.32. The summed E-state index contributed by atoms with van der Waals surface area (Å²) in [5.41, 5.74) is 2.23. The van der Waals surface area contributed by atoms with Crippen molar-refractivity contribution in [2.45, 2.75) is 26.8 Å². The molecule has 1 aliphatic carbocycles. The summed E-state index contributed by atoms with van der Waals surface area (Å²) in [7, 11) is -0.0978. The fourth-order valence-electron chi connectivity index (χ4n) is 2.36. The molecule has 0 spiro atoms. The molecule has 86 valence electrons. The molecule has 1 unspecified atom stereocenters. The predicted molar refractivity (Wildman–Crippen MR) is 65.6 cm³/mol. The minimum absolute atomic E-state index is 0.0144. The van der Waals surface area contributed by atoms with Gasteiger partial charge in [0.15, 0.2) is 6.04 Å². The van der Waals surface area contributed by atoms with Gasteiger partial charge >= 0.3 is 0 Å². The molecule has 2 aliphatic rings. The normalized spacial score (nSPS) is 26.9. The molecular formula is C12H16NO2S+. The first kappa shape index (κ1) is 11.3. The zero-order valence-corrected chi connectivity index (χ0v) is 10.8. The van der Waals surface area contributed by atoms with E-state index < -0.39 is 10.3 Å². The Morgan fingerprint density at radius 3 is 2.50 bits per heavy atom. The second-order valence-electron chi connectivity index (χ2n) is 4.92. The summed E-state index contributed by atoms with van der Waals surface area (Å²) in [5, 5.41) is 0. The Hall–Kier alpha value is -1.16. The van der Waals surface area contributed by atoms with E-state index in [0.29, 0.717) is 10.9 Å². The van der Waals surface area contributed by atoms with Gasteiger partial charge in [0.1, 0.15) is 7.05 Å². The number of hydrogen-bond acceptors (Lipinski definition) is 2. The highest BCUT2D eigenvalue weighted by Gasteiger charge is 2.47. The smallest absolute Gasteiger partial charge is 0.221 e. The van der Waals surface area contributed by atoms with Gasteiger partial charge in [-0.15, -0.1) is 0 Å². The SMILES string of the molecule is CC1[N+](C)=C2C=CC(=S(=O)=O)C=C2C1(C)C. The van der Waals surface area contributed by atoms with Gasteiger partial charge in [0.2, 0.25) is 16.0 Å². The Morgan fingerprint density at radius 1 is 1.31 bits per heavy atom. The van der Waals surface area contributed by atoms with Crippen molar-refractivity contribution in [3.8, 4) is 0 Å². The van der Waals surface area contributed by atoms with Crippen LogP contribution in [0, 0.1) is 5.41 Å². The molecule has 0 amide bonds. The van der Waals surface area contributed by atoms with E-state index in [0.717, 1.165) is 11.3 Å². The fraction of sp³-hybridized carbons (Fsp3) is 0.500. The number of hydrogen-bond donors (Lipinski definition) is 0. The highest BCUT2D eigenvalue weighted by atomic mass is 32.2. The Kier molecular flexibility index (Phi) is 2.42. The Bertz CT molecular complexity index is 566. The maximum absolute atomic E-state index is 11.0. The van der Waals surface area contributed by atoms with E-state index in [1.165, 1.54) is 0 Å². The standard InChI is InChI=1S/C12H16NO2S/c1-8-12(2,3)10-7-9(16(14)15)5-6-11(10)13(8)4/h5-8H,1-4H3/q+1. The van der Waals surface area contributed by atoms with Gasteiger partial charge in [-0.25, -0.2) is 4.58 Å². The molecule has 0 aromatic carbocycles. The molecule has 1 aliphatic heterocycles. The van der Waals surface area contributed by atoms with Gasteiger partial charge in [-0.3, -0.25) is 0 Å². The van der Waals surface area contributed by atoms with E-state index in [-0.39, 0.29) is 5.41 Å². The lowest BCUT2D eigenvalue weighted by Gasteiger charge is -2.21. The number of nitrogens with zero attached hydrogens (tertiary/aromatic N) is 1. The van der Waals surface area contributed by atoms with Crippen LogP contribution in [0.25, 0.3) is 0 Å². The highest BCUT2D eigenvalue weighted by Crippen LogP contribution is 2.39. The van der Waals surface area contributed by atoms with Crippen LogP contribution < -0.4 is 0 Å². The summed E-state index contributed by atoms with van der Waals surface area (Å²) in [5.74, 6) is 0. The second kappa shape index (κ2) is 3.42. The first-order chi connectivity index (χ1) is 7.35. The van der Waals surface area contributed by atoms with E-state index in [9.17, 15) is 8.42 Å². The Balaban J connectivity index is 2.69. The highest BCUT2D eigenvalue weighted by molar-refractivity contribution is 7.73. The van der Waals surface area contributed by atoms with Gasteiger partial charge in [-0.05, 0) is 32.9 Å². The van der Waals surface area contributed by atoms with Gasteiger partial charge in [0.05, 0.1) is 10.3 Å². The van der Waals surface area contributed by atoms with Crippen molar-refractivity contribution >= 4 is 20.9 Å². The second-order valence-corrected chi connectivity index (χ2v) is 5.86. The topological polar surface area (TPSA) is 37.1 Å². The van der Waals surface area contributed by atoms with Crippen LogP contribution in [0.5, 0.6) is 0 Å². The predicted octanol–water partition coefficient (Wildman–Crippen LogP) is 1.05. The van der Waals surface area contributed by atoms with Gasteiger partial charge in [-0.2, -0.15) is 8.42 Å². The molecule has 16 heavy (non-hydrogen) atoms. The van der Waals surface area contributed by atoms with Gasteiger partial charge in [0.25, 0.3) is 0 Å². The molecule has 0 saturated heterocycles. The Labute approximate surface area is 97.3 Å². The van der Waals surface area contributed by atoms with Crippen LogP contribution in [-0.4, -0.2) is 36.7 Å². The van der Waals surface area contributed by atoms with Crippen LogP contribution >= 0.6 is 0 Å². The van der Waals surface area contributed by atoms with Gasteiger partial charge < -0.3 is 0 Å². The monoisotopic (exact) mass is 238 g/mol. The van der Waals surface area contributed by atoms with Crippen molar-refractivity contribution in [3.63, 3.8) is 0 Å². The van der Waals surface area contributed by atoms with Crippen LogP contribution in [0.15, 0.2) is 23.8 Å². The van der Waals surface area contributed by atoms with E-state index in [4.69, 9.17) is 0 Å². The van der Waals surface area contributed by atoms with Crippen LogP contribution in [0.4, 0.5) is 0 Å². The van der Waals surface area contributed by atoms with E-state index in [1.807, 2.05) is 13.1 Å². The average molecular weight is 238 g/mol. The quantitative estimate of drug-likeness (QED) is 0.467. The molecule has 0 saturated carbocycles.